The number of rotatable bonds is 3. The molecule has 474 valence electrons. The molecule has 18 rings (SSSR count). The van der Waals surface area contributed by atoms with Gasteiger partial charge in [-0.25, -0.2) is 0 Å². The van der Waals surface area contributed by atoms with Crippen molar-refractivity contribution in [2.24, 2.45) is 0 Å². The summed E-state index contributed by atoms with van der Waals surface area (Å²) in [7, 11) is 0. The highest BCUT2D eigenvalue weighted by molar-refractivity contribution is 7.00. The SMILES string of the molecule is CC(C)(C)c1ccc(N2c3cc4c(cc3B3c5cc6c7cc(C(C)(C)C)cc8c9cc(C(C)(C)C)ccc9n(c6cc5N(c5ccc(C(C)(C)C)cc5)c5cc(-n6c9ccccc9c9ccccc96)cc2c53)c87)c2cc(C(C)(C)C)cc3c5cc(C(C)(C)C)ccc5n4c32)cc1. The molecule has 0 N–H and O–H groups in total. The van der Waals surface area contributed by atoms with Gasteiger partial charge in [-0.15, -0.1) is 0 Å². The molecule has 5 aromatic heterocycles. The van der Waals surface area contributed by atoms with Crippen LogP contribution in [0.5, 0.6) is 0 Å². The van der Waals surface area contributed by atoms with Crippen LogP contribution in [-0.2, 0) is 32.5 Å². The van der Waals surface area contributed by atoms with Crippen LogP contribution >= 0.6 is 0 Å². The van der Waals surface area contributed by atoms with Crippen LogP contribution in [0.2, 0.25) is 0 Å². The highest BCUT2D eigenvalue weighted by Gasteiger charge is 2.46. The first-order chi connectivity index (χ1) is 45.4. The Morgan fingerprint density at radius 3 is 0.917 bits per heavy atom. The third kappa shape index (κ3) is 8.29. The largest absolute Gasteiger partial charge is 0.311 e. The summed E-state index contributed by atoms with van der Waals surface area (Å²) in [5, 5.41) is 13.0. The fraction of sp³-hybridized carbons (Fsp3) is 0.267. The highest BCUT2D eigenvalue weighted by atomic mass is 15.2. The van der Waals surface area contributed by atoms with E-state index >= 15 is 0 Å². The zero-order valence-electron chi connectivity index (χ0n) is 59.3. The third-order valence-corrected chi connectivity index (χ3v) is 22.4. The van der Waals surface area contributed by atoms with Gasteiger partial charge in [0.2, 0.25) is 0 Å². The lowest BCUT2D eigenvalue weighted by Gasteiger charge is -2.44. The van der Waals surface area contributed by atoms with E-state index < -0.39 is 0 Å². The van der Waals surface area contributed by atoms with Crippen molar-refractivity contribution in [3.63, 3.8) is 0 Å². The van der Waals surface area contributed by atoms with Crippen molar-refractivity contribution in [3.05, 3.63) is 228 Å². The second-order valence-electron chi connectivity index (χ2n) is 34.8. The molecule has 11 aromatic carbocycles. The van der Waals surface area contributed by atoms with Gasteiger partial charge < -0.3 is 23.2 Å². The third-order valence-electron chi connectivity index (χ3n) is 22.4. The van der Waals surface area contributed by atoms with Gasteiger partial charge >= 0.3 is 0 Å². The number of hydrogen-bond acceptors (Lipinski definition) is 2. The van der Waals surface area contributed by atoms with Gasteiger partial charge in [-0.3, -0.25) is 0 Å². The first-order valence-electron chi connectivity index (χ1n) is 35.0. The normalized spacial score (nSPS) is 14.3. The summed E-state index contributed by atoms with van der Waals surface area (Å²) in [6, 6.07) is 77.6. The standard InChI is InChI=1S/C90H86BN5/c1-85(2,3)51-27-33-57(34-28-51)92-78-49-76-64(68-43-55(89(13,14)15)41-66-62-39-53(87(7,8)9)31-37-74(62)95(76)83(66)68)47-70(78)91-71-48-65-69-44-56(90(16,17)18)42-67-63-40-54(88(10,11)12)32-38-75(63)96(84(67)69)77(65)50-79(71)93(58-35-29-52(30-36-58)86(4,5)6)81-46-59(45-80(92)82(81)91)94-72-25-21-19-23-60(72)61-24-20-22-26-73(61)94/h19-50H,1-18H3. The molecule has 0 amide bonds. The molecular weight excluding hydrogens is 1160 g/mol. The monoisotopic (exact) mass is 1250 g/mol. The zero-order valence-corrected chi connectivity index (χ0v) is 59.3. The van der Waals surface area contributed by atoms with Gasteiger partial charge in [0.1, 0.15) is 0 Å². The van der Waals surface area contributed by atoms with Crippen LogP contribution < -0.4 is 26.2 Å². The molecule has 16 aromatic rings. The van der Waals surface area contributed by atoms with Gasteiger partial charge in [0.05, 0.1) is 49.8 Å². The predicted octanol–water partition coefficient (Wildman–Crippen LogP) is 23.0. The molecule has 0 bridgehead atoms. The number of fused-ring (bicyclic) bond motifs is 19. The number of nitrogens with zero attached hydrogens (tertiary/aromatic N) is 5. The Bertz CT molecular complexity index is 5640. The summed E-state index contributed by atoms with van der Waals surface area (Å²) in [5.41, 5.74) is 29.7. The summed E-state index contributed by atoms with van der Waals surface area (Å²) in [5.74, 6) is 0. The fourth-order valence-corrected chi connectivity index (χ4v) is 17.0. The molecule has 2 aliphatic heterocycles. The van der Waals surface area contributed by atoms with Crippen molar-refractivity contribution in [2.75, 3.05) is 9.80 Å². The quantitative estimate of drug-likeness (QED) is 0.164. The molecule has 0 radical (unpaired) electrons. The molecule has 0 saturated heterocycles. The first-order valence-corrected chi connectivity index (χ1v) is 35.0. The molecule has 0 unspecified atom stereocenters. The topological polar surface area (TPSA) is 20.2 Å². The average Bonchev–Trinajstić information content (AvgIpc) is 1.15. The maximum absolute atomic E-state index is 2.66. The van der Waals surface area contributed by atoms with E-state index in [4.69, 9.17) is 0 Å². The van der Waals surface area contributed by atoms with Crippen LogP contribution in [0, 0.1) is 0 Å². The molecule has 7 heterocycles. The lowest BCUT2D eigenvalue weighted by Crippen LogP contribution is -2.61. The van der Waals surface area contributed by atoms with Crippen molar-refractivity contribution in [1.82, 2.24) is 13.4 Å². The van der Waals surface area contributed by atoms with Crippen LogP contribution in [0.3, 0.4) is 0 Å². The fourth-order valence-electron chi connectivity index (χ4n) is 17.0. The molecule has 0 atom stereocenters. The van der Waals surface area contributed by atoms with E-state index in [0.29, 0.717) is 0 Å². The van der Waals surface area contributed by atoms with Crippen LogP contribution in [0.25, 0.3) is 104 Å². The Morgan fingerprint density at radius 1 is 0.240 bits per heavy atom. The van der Waals surface area contributed by atoms with Gasteiger partial charge in [0, 0.05) is 88.0 Å². The molecule has 5 nitrogen and oxygen atoms in total. The zero-order chi connectivity index (χ0) is 66.7. The molecular formula is C90H86BN5. The summed E-state index contributed by atoms with van der Waals surface area (Å²) in [6.07, 6.45) is 0. The second-order valence-corrected chi connectivity index (χ2v) is 34.8. The Morgan fingerprint density at radius 2 is 0.562 bits per heavy atom. The van der Waals surface area contributed by atoms with Crippen LogP contribution in [0.15, 0.2) is 194 Å². The van der Waals surface area contributed by atoms with Gasteiger partial charge in [-0.2, -0.15) is 0 Å². The van der Waals surface area contributed by atoms with Crippen molar-refractivity contribution in [2.45, 2.75) is 157 Å². The van der Waals surface area contributed by atoms with Gasteiger partial charge in [-0.1, -0.05) is 210 Å². The molecule has 0 spiro atoms. The number of para-hydroxylation sites is 2. The summed E-state index contributed by atoms with van der Waals surface area (Å²) >= 11 is 0. The lowest BCUT2D eigenvalue weighted by atomic mass is 9.33. The molecule has 96 heavy (non-hydrogen) atoms. The molecule has 0 fully saturated rings. The minimum atomic E-state index is -0.183. The van der Waals surface area contributed by atoms with E-state index in [9.17, 15) is 0 Å². The summed E-state index contributed by atoms with van der Waals surface area (Å²) in [6.45, 7) is 42.1. The summed E-state index contributed by atoms with van der Waals surface area (Å²) < 4.78 is 7.81. The van der Waals surface area contributed by atoms with Crippen LogP contribution in [-0.4, -0.2) is 20.1 Å². The minimum absolute atomic E-state index is 0.0153. The van der Waals surface area contributed by atoms with E-state index in [1.807, 2.05) is 0 Å². The van der Waals surface area contributed by atoms with Crippen LogP contribution in [0.4, 0.5) is 34.1 Å². The molecule has 0 aliphatic carbocycles. The smallest absolute Gasteiger partial charge is 0.252 e. The van der Waals surface area contributed by atoms with E-state index in [-0.39, 0.29) is 39.2 Å². The van der Waals surface area contributed by atoms with Gasteiger partial charge in [0.15, 0.2) is 0 Å². The molecule has 2 aliphatic rings. The Labute approximate surface area is 565 Å². The van der Waals surface area contributed by atoms with Crippen LogP contribution in [0.1, 0.15) is 158 Å². The maximum Gasteiger partial charge on any atom is 0.252 e. The number of aromatic nitrogens is 3. The van der Waals surface area contributed by atoms with Gasteiger partial charge in [0.25, 0.3) is 6.71 Å². The van der Waals surface area contributed by atoms with E-state index in [1.54, 1.807) is 0 Å². The second kappa shape index (κ2) is 19.2. The lowest BCUT2D eigenvalue weighted by molar-refractivity contribution is 0.590. The van der Waals surface area contributed by atoms with Crippen molar-refractivity contribution in [3.8, 4) is 5.69 Å². The molecule has 6 heteroatoms. The van der Waals surface area contributed by atoms with E-state index in [2.05, 4.69) is 342 Å². The Hall–Kier alpha value is -9.52. The molecule has 0 saturated carbocycles. The van der Waals surface area contributed by atoms with Crippen molar-refractivity contribution in [1.29, 1.82) is 0 Å². The van der Waals surface area contributed by atoms with E-state index in [1.165, 1.54) is 171 Å². The maximum atomic E-state index is 2.66. The first kappa shape index (κ1) is 59.0. The Balaban J connectivity index is 1.04. The van der Waals surface area contributed by atoms with E-state index in [0.717, 1.165) is 17.1 Å². The number of benzene rings is 11. The van der Waals surface area contributed by atoms with Gasteiger partial charge in [-0.05, 0) is 191 Å². The minimum Gasteiger partial charge on any atom is -0.311 e. The number of anilines is 6. The van der Waals surface area contributed by atoms with Crippen molar-refractivity contribution >= 4 is 155 Å². The average molecular weight is 1250 g/mol. The van der Waals surface area contributed by atoms with Crippen molar-refractivity contribution < 1.29 is 0 Å². The highest BCUT2D eigenvalue weighted by Crippen LogP contribution is 2.52. The number of hydrogen-bond donors (Lipinski definition) is 0. The Kier molecular flexibility index (Phi) is 11.8. The summed E-state index contributed by atoms with van der Waals surface area (Å²) in [4.78, 5) is 5.33. The predicted molar refractivity (Wildman–Crippen MR) is 416 cm³/mol.